The van der Waals surface area contributed by atoms with E-state index in [0.29, 0.717) is 0 Å². The molecular formula is C12H13N. The zero-order valence-electron chi connectivity index (χ0n) is 7.53. The zero-order chi connectivity index (χ0) is 9.68. The highest BCUT2D eigenvalue weighted by Crippen LogP contribution is 2.15. The van der Waals surface area contributed by atoms with Crippen LogP contribution in [0, 0.1) is 0 Å². The van der Waals surface area contributed by atoms with Gasteiger partial charge in [-0.1, -0.05) is 43.5 Å². The van der Waals surface area contributed by atoms with Gasteiger partial charge in [0.05, 0.1) is 0 Å². The summed E-state index contributed by atoms with van der Waals surface area (Å²) in [6.45, 7) is 7.51. The van der Waals surface area contributed by atoms with E-state index in [0.717, 1.165) is 16.8 Å². The van der Waals surface area contributed by atoms with Crippen LogP contribution in [0.1, 0.15) is 5.56 Å². The molecule has 0 atom stereocenters. The van der Waals surface area contributed by atoms with E-state index in [1.807, 2.05) is 36.4 Å². The second-order valence-electron chi connectivity index (χ2n) is 2.74. The third-order valence-electron chi connectivity index (χ3n) is 1.71. The highest BCUT2D eigenvalue weighted by molar-refractivity contribution is 5.73. The molecule has 0 bridgehead atoms. The predicted octanol–water partition coefficient (Wildman–Crippen LogP) is 3.02. The summed E-state index contributed by atoms with van der Waals surface area (Å²) >= 11 is 0. The summed E-state index contributed by atoms with van der Waals surface area (Å²) in [6, 6.07) is 7.63. The molecule has 0 saturated carbocycles. The zero-order valence-corrected chi connectivity index (χ0v) is 7.53. The van der Waals surface area contributed by atoms with Gasteiger partial charge >= 0.3 is 0 Å². The second-order valence-corrected chi connectivity index (χ2v) is 2.74. The lowest BCUT2D eigenvalue weighted by atomic mass is 10.1. The predicted molar refractivity (Wildman–Crippen MR) is 59.2 cm³/mol. The Labute approximate surface area is 78.9 Å². The monoisotopic (exact) mass is 171 g/mol. The van der Waals surface area contributed by atoms with E-state index in [4.69, 9.17) is 5.73 Å². The third kappa shape index (κ3) is 2.64. The van der Waals surface area contributed by atoms with E-state index in [2.05, 4.69) is 13.2 Å². The highest BCUT2D eigenvalue weighted by Gasteiger charge is 1.92. The van der Waals surface area contributed by atoms with E-state index in [9.17, 15) is 0 Å². The molecular weight excluding hydrogens is 158 g/mol. The van der Waals surface area contributed by atoms with Crippen LogP contribution in [0.25, 0.3) is 5.57 Å². The van der Waals surface area contributed by atoms with Crippen molar-refractivity contribution in [3.05, 3.63) is 61.2 Å². The van der Waals surface area contributed by atoms with Crippen LogP contribution in [0.2, 0.25) is 0 Å². The molecule has 0 unspecified atom stereocenters. The van der Waals surface area contributed by atoms with E-state index >= 15 is 0 Å². The van der Waals surface area contributed by atoms with Crippen LogP contribution < -0.4 is 5.73 Å². The molecule has 0 aromatic heterocycles. The number of benzene rings is 1. The molecule has 0 aliphatic rings. The maximum absolute atomic E-state index is 5.56. The van der Waals surface area contributed by atoms with Crippen LogP contribution in [0.3, 0.4) is 0 Å². The summed E-state index contributed by atoms with van der Waals surface area (Å²) in [4.78, 5) is 0. The number of rotatable bonds is 3. The number of anilines is 1. The smallest absolute Gasteiger partial charge is 0.0314 e. The van der Waals surface area contributed by atoms with Crippen molar-refractivity contribution in [2.75, 3.05) is 5.73 Å². The van der Waals surface area contributed by atoms with Crippen LogP contribution in [-0.4, -0.2) is 0 Å². The van der Waals surface area contributed by atoms with E-state index in [1.165, 1.54) is 0 Å². The molecule has 0 heterocycles. The fourth-order valence-electron chi connectivity index (χ4n) is 0.978. The van der Waals surface area contributed by atoms with Crippen molar-refractivity contribution in [1.29, 1.82) is 0 Å². The first-order chi connectivity index (χ1) is 6.24. The molecule has 1 aromatic rings. The van der Waals surface area contributed by atoms with Crippen LogP contribution in [0.15, 0.2) is 55.7 Å². The molecule has 0 fully saturated rings. The van der Waals surface area contributed by atoms with E-state index < -0.39 is 0 Å². The van der Waals surface area contributed by atoms with Crippen LogP contribution in [0.5, 0.6) is 0 Å². The summed E-state index contributed by atoms with van der Waals surface area (Å²) in [5, 5.41) is 0. The number of hydrogen-bond acceptors (Lipinski definition) is 1. The molecule has 1 nitrogen and oxygen atoms in total. The summed E-state index contributed by atoms with van der Waals surface area (Å²) in [5.74, 6) is 0. The molecule has 0 saturated heterocycles. The fourth-order valence-corrected chi connectivity index (χ4v) is 0.978. The van der Waals surface area contributed by atoms with E-state index in [1.54, 1.807) is 6.08 Å². The molecule has 0 aliphatic heterocycles. The van der Waals surface area contributed by atoms with Gasteiger partial charge in [-0.15, -0.1) is 0 Å². The van der Waals surface area contributed by atoms with Crippen molar-refractivity contribution >= 4 is 11.3 Å². The van der Waals surface area contributed by atoms with Crippen LogP contribution in [0.4, 0.5) is 5.69 Å². The molecule has 13 heavy (non-hydrogen) atoms. The minimum atomic E-state index is 0.768. The molecule has 1 heteroatoms. The summed E-state index contributed by atoms with van der Waals surface area (Å²) < 4.78 is 0. The van der Waals surface area contributed by atoms with Gasteiger partial charge in [-0.2, -0.15) is 0 Å². The Kier molecular flexibility index (Phi) is 3.09. The number of hydrogen-bond donors (Lipinski definition) is 1. The maximum atomic E-state index is 5.56. The van der Waals surface area contributed by atoms with Gasteiger partial charge in [0.15, 0.2) is 0 Å². The van der Waals surface area contributed by atoms with Gasteiger partial charge in [-0.3, -0.25) is 0 Å². The van der Waals surface area contributed by atoms with Gasteiger partial charge in [-0.05, 0) is 23.3 Å². The maximum Gasteiger partial charge on any atom is 0.0314 e. The number of nitrogen functional groups attached to an aromatic ring is 1. The lowest BCUT2D eigenvalue weighted by Gasteiger charge is -1.99. The minimum absolute atomic E-state index is 0.768. The average Bonchev–Trinajstić information content (AvgIpc) is 2.15. The topological polar surface area (TPSA) is 26.0 Å². The highest BCUT2D eigenvalue weighted by atomic mass is 14.5. The molecule has 0 radical (unpaired) electrons. The van der Waals surface area contributed by atoms with Crippen molar-refractivity contribution in [1.82, 2.24) is 0 Å². The van der Waals surface area contributed by atoms with Crippen molar-refractivity contribution in [3.8, 4) is 0 Å². The molecule has 2 N–H and O–H groups in total. The Balaban J connectivity index is 2.83. The molecule has 1 rings (SSSR count). The fraction of sp³-hybridized carbons (Fsp3) is 0. The number of allylic oxidation sites excluding steroid dienone is 4. The number of nitrogens with two attached hydrogens (primary N) is 1. The van der Waals surface area contributed by atoms with Crippen molar-refractivity contribution in [2.45, 2.75) is 0 Å². The quantitative estimate of drug-likeness (QED) is 0.549. The Morgan fingerprint density at radius 2 is 1.85 bits per heavy atom. The lowest BCUT2D eigenvalue weighted by molar-refractivity contribution is 1.62. The first-order valence-electron chi connectivity index (χ1n) is 4.08. The lowest BCUT2D eigenvalue weighted by Crippen LogP contribution is -1.84. The average molecular weight is 171 g/mol. The van der Waals surface area contributed by atoms with Gasteiger partial charge in [0.25, 0.3) is 0 Å². The van der Waals surface area contributed by atoms with Crippen molar-refractivity contribution in [2.24, 2.45) is 0 Å². The van der Waals surface area contributed by atoms with Gasteiger partial charge < -0.3 is 5.73 Å². The standard InChI is InChI=1S/C12H13N/c1-3-4-5-10(2)11-6-8-12(13)9-7-11/h3-9H,1-2,13H2/b5-4-. The second kappa shape index (κ2) is 4.31. The SMILES string of the molecule is C=C/C=C\C(=C)c1ccc(N)cc1. The normalized spacial score (nSPS) is 10.2. The Morgan fingerprint density at radius 1 is 1.23 bits per heavy atom. The largest absolute Gasteiger partial charge is 0.399 e. The van der Waals surface area contributed by atoms with Crippen molar-refractivity contribution < 1.29 is 0 Å². The van der Waals surface area contributed by atoms with Gasteiger partial charge in [-0.25, -0.2) is 0 Å². The molecule has 1 aromatic carbocycles. The van der Waals surface area contributed by atoms with Gasteiger partial charge in [0.1, 0.15) is 0 Å². The van der Waals surface area contributed by atoms with Crippen LogP contribution in [-0.2, 0) is 0 Å². The summed E-state index contributed by atoms with van der Waals surface area (Å²) in [7, 11) is 0. The first-order valence-corrected chi connectivity index (χ1v) is 4.08. The minimum Gasteiger partial charge on any atom is -0.399 e. The van der Waals surface area contributed by atoms with E-state index in [-0.39, 0.29) is 0 Å². The first kappa shape index (κ1) is 9.33. The Bertz CT molecular complexity index is 331. The third-order valence-corrected chi connectivity index (χ3v) is 1.71. The summed E-state index contributed by atoms with van der Waals surface area (Å²) in [5.41, 5.74) is 8.37. The van der Waals surface area contributed by atoms with Gasteiger partial charge in [0.2, 0.25) is 0 Å². The summed E-state index contributed by atoms with van der Waals surface area (Å²) in [6.07, 6.45) is 5.50. The Hall–Kier alpha value is -1.76. The Morgan fingerprint density at radius 3 is 2.38 bits per heavy atom. The molecule has 0 spiro atoms. The molecule has 0 aliphatic carbocycles. The van der Waals surface area contributed by atoms with Crippen LogP contribution >= 0.6 is 0 Å². The molecule has 0 amide bonds. The van der Waals surface area contributed by atoms with Gasteiger partial charge in [0, 0.05) is 5.69 Å². The molecule has 66 valence electrons. The van der Waals surface area contributed by atoms with Crippen molar-refractivity contribution in [3.63, 3.8) is 0 Å².